The van der Waals surface area contributed by atoms with Gasteiger partial charge >= 0.3 is 6.18 Å². The molecule has 2 aromatic heterocycles. The summed E-state index contributed by atoms with van der Waals surface area (Å²) < 4.78 is 39.9. The number of nitrogens with one attached hydrogen (secondary N) is 1. The molecule has 0 radical (unpaired) electrons. The van der Waals surface area contributed by atoms with Gasteiger partial charge in [0, 0.05) is 24.7 Å². The Hall–Kier alpha value is -3.17. The summed E-state index contributed by atoms with van der Waals surface area (Å²) in [5, 5.41) is 13.8. The summed E-state index contributed by atoms with van der Waals surface area (Å²) in [5.74, 6) is -0.947. The number of fused-ring (bicyclic) bond motifs is 1. The molecule has 1 aromatic carbocycles. The molecule has 7 nitrogen and oxygen atoms in total. The summed E-state index contributed by atoms with van der Waals surface area (Å²) in [6, 6.07) is 8.95. The zero-order valence-corrected chi connectivity index (χ0v) is 16.6. The molecule has 10 heteroatoms. The van der Waals surface area contributed by atoms with E-state index in [2.05, 4.69) is 20.6 Å². The first-order valence-corrected chi connectivity index (χ1v) is 9.65. The number of anilines is 2. The number of halogens is 3. The predicted octanol–water partition coefficient (Wildman–Crippen LogP) is 3.62. The second-order valence-corrected chi connectivity index (χ2v) is 7.55. The van der Waals surface area contributed by atoms with Crippen LogP contribution in [-0.4, -0.2) is 38.8 Å². The number of amides is 1. The largest absolute Gasteiger partial charge is 0.453 e. The molecular formula is C20H21F3N6O. The highest BCUT2D eigenvalue weighted by Crippen LogP contribution is 2.29. The van der Waals surface area contributed by atoms with Crippen LogP contribution in [0.1, 0.15) is 29.8 Å². The second-order valence-electron chi connectivity index (χ2n) is 7.55. The fraction of sp³-hybridized carbons (Fsp3) is 0.400. The topological polar surface area (TPSA) is 75.4 Å². The predicted molar refractivity (Wildman–Crippen MR) is 105 cm³/mol. The number of aryl methyl sites for hydroxylation is 2. The molecule has 158 valence electrons. The van der Waals surface area contributed by atoms with Crippen LogP contribution in [0.2, 0.25) is 0 Å². The van der Waals surface area contributed by atoms with Gasteiger partial charge in [-0.3, -0.25) is 4.79 Å². The summed E-state index contributed by atoms with van der Waals surface area (Å²) in [4.78, 5) is 14.5. The van der Waals surface area contributed by atoms with Crippen molar-refractivity contribution in [3.8, 4) is 0 Å². The fourth-order valence-electron chi connectivity index (χ4n) is 3.68. The Bertz CT molecular complexity index is 1090. The number of carbonyl (C=O) groups excluding carboxylic acids is 1. The molecule has 1 fully saturated rings. The third-order valence-electron chi connectivity index (χ3n) is 5.33. The molecule has 1 aliphatic rings. The Balaban J connectivity index is 1.43. The summed E-state index contributed by atoms with van der Waals surface area (Å²) in [7, 11) is 0. The number of rotatable bonds is 3. The zero-order chi connectivity index (χ0) is 21.5. The molecule has 1 N–H and O–H groups in total. The number of benzene rings is 1. The van der Waals surface area contributed by atoms with Crippen molar-refractivity contribution in [2.75, 3.05) is 23.3 Å². The average Bonchev–Trinajstić information content (AvgIpc) is 3.14. The van der Waals surface area contributed by atoms with E-state index < -0.39 is 12.0 Å². The Morgan fingerprint density at radius 1 is 1.10 bits per heavy atom. The van der Waals surface area contributed by atoms with Crippen molar-refractivity contribution in [2.24, 2.45) is 5.92 Å². The molecular weight excluding hydrogens is 397 g/mol. The lowest BCUT2D eigenvalue weighted by Crippen LogP contribution is -2.38. The molecule has 30 heavy (non-hydrogen) atoms. The first-order chi connectivity index (χ1) is 14.2. The maximum atomic E-state index is 13.1. The fourth-order valence-corrected chi connectivity index (χ4v) is 3.68. The third-order valence-corrected chi connectivity index (χ3v) is 5.33. The van der Waals surface area contributed by atoms with Crippen molar-refractivity contribution in [1.29, 1.82) is 0 Å². The number of aromatic nitrogens is 4. The van der Waals surface area contributed by atoms with Crippen molar-refractivity contribution in [3.63, 3.8) is 0 Å². The van der Waals surface area contributed by atoms with E-state index in [1.807, 2.05) is 36.9 Å². The number of carbonyl (C=O) groups is 1. The molecule has 3 aromatic rings. The molecule has 3 heterocycles. The normalized spacial score (nSPS) is 15.6. The van der Waals surface area contributed by atoms with Gasteiger partial charge in [-0.1, -0.05) is 17.7 Å². The number of piperidine rings is 1. The number of hydrogen-bond donors (Lipinski definition) is 1. The van der Waals surface area contributed by atoms with E-state index in [9.17, 15) is 18.0 Å². The van der Waals surface area contributed by atoms with E-state index in [1.165, 1.54) is 6.07 Å². The minimum atomic E-state index is -4.63. The zero-order valence-electron chi connectivity index (χ0n) is 16.6. The average molecular weight is 418 g/mol. The van der Waals surface area contributed by atoms with Crippen LogP contribution >= 0.6 is 0 Å². The Kier molecular flexibility index (Phi) is 5.08. The van der Waals surface area contributed by atoms with E-state index in [0.717, 1.165) is 16.8 Å². The minimum Gasteiger partial charge on any atom is -0.355 e. The van der Waals surface area contributed by atoms with E-state index in [4.69, 9.17) is 0 Å². The monoisotopic (exact) mass is 418 g/mol. The van der Waals surface area contributed by atoms with Crippen LogP contribution in [-0.2, 0) is 11.0 Å². The van der Waals surface area contributed by atoms with Gasteiger partial charge in [-0.25, -0.2) is 0 Å². The van der Waals surface area contributed by atoms with Crippen LogP contribution in [0, 0.1) is 19.8 Å². The van der Waals surface area contributed by atoms with Crippen molar-refractivity contribution in [1.82, 2.24) is 19.8 Å². The molecule has 0 bridgehead atoms. The lowest BCUT2D eigenvalue weighted by molar-refractivity contribution is -0.146. The summed E-state index contributed by atoms with van der Waals surface area (Å²) >= 11 is 0. The molecule has 0 spiro atoms. The van der Waals surface area contributed by atoms with Crippen LogP contribution in [0.4, 0.5) is 24.7 Å². The van der Waals surface area contributed by atoms with Gasteiger partial charge in [0.15, 0.2) is 5.65 Å². The Morgan fingerprint density at radius 2 is 1.83 bits per heavy atom. The van der Waals surface area contributed by atoms with Crippen molar-refractivity contribution in [2.45, 2.75) is 32.9 Å². The van der Waals surface area contributed by atoms with E-state index in [1.54, 1.807) is 6.07 Å². The second kappa shape index (κ2) is 7.58. The van der Waals surface area contributed by atoms with E-state index in [-0.39, 0.29) is 17.5 Å². The van der Waals surface area contributed by atoms with Gasteiger partial charge in [0.25, 0.3) is 5.82 Å². The SMILES string of the molecule is Cc1ccc(NC(=O)C2CCN(c3ccc4nnc(C(F)(F)F)n4n3)CC2)c(C)c1. The van der Waals surface area contributed by atoms with Gasteiger partial charge in [-0.2, -0.15) is 17.7 Å². The minimum absolute atomic E-state index is 0.0359. The van der Waals surface area contributed by atoms with Gasteiger partial charge in [0.05, 0.1) is 0 Å². The summed E-state index contributed by atoms with van der Waals surface area (Å²) in [6.07, 6.45) is -3.46. The maximum Gasteiger partial charge on any atom is 0.453 e. The van der Waals surface area contributed by atoms with Crippen LogP contribution < -0.4 is 10.2 Å². The van der Waals surface area contributed by atoms with Crippen LogP contribution in [0.5, 0.6) is 0 Å². The van der Waals surface area contributed by atoms with Crippen LogP contribution in [0.3, 0.4) is 0 Å². The van der Waals surface area contributed by atoms with E-state index >= 15 is 0 Å². The molecule has 1 aliphatic heterocycles. The quantitative estimate of drug-likeness (QED) is 0.703. The first kappa shape index (κ1) is 20.1. The maximum absolute atomic E-state index is 13.1. The van der Waals surface area contributed by atoms with Crippen LogP contribution in [0.15, 0.2) is 30.3 Å². The highest BCUT2D eigenvalue weighted by molar-refractivity contribution is 5.93. The third kappa shape index (κ3) is 3.94. The smallest absolute Gasteiger partial charge is 0.355 e. The van der Waals surface area contributed by atoms with Crippen molar-refractivity contribution in [3.05, 3.63) is 47.3 Å². The number of hydrogen-bond acceptors (Lipinski definition) is 5. The van der Waals surface area contributed by atoms with E-state index in [0.29, 0.717) is 36.3 Å². The molecule has 1 saturated heterocycles. The molecule has 0 saturated carbocycles. The molecule has 0 atom stereocenters. The van der Waals surface area contributed by atoms with Gasteiger partial charge in [-0.15, -0.1) is 15.3 Å². The van der Waals surface area contributed by atoms with Gasteiger partial charge in [-0.05, 0) is 50.5 Å². The van der Waals surface area contributed by atoms with Crippen molar-refractivity contribution >= 4 is 23.1 Å². The number of alkyl halides is 3. The molecule has 0 aliphatic carbocycles. The summed E-state index contributed by atoms with van der Waals surface area (Å²) in [6.45, 7) is 4.99. The standard InChI is InChI=1S/C20H21F3N6O/c1-12-3-4-15(13(2)11-12)24-18(30)14-7-9-28(10-8-14)17-6-5-16-25-26-19(20(21,22)23)29(16)27-17/h3-6,11,14H,7-10H2,1-2H3,(H,24,30). The molecule has 0 unspecified atom stereocenters. The Morgan fingerprint density at radius 3 is 2.50 bits per heavy atom. The van der Waals surface area contributed by atoms with Gasteiger partial charge < -0.3 is 10.2 Å². The van der Waals surface area contributed by atoms with Crippen molar-refractivity contribution < 1.29 is 18.0 Å². The highest BCUT2D eigenvalue weighted by atomic mass is 19.4. The lowest BCUT2D eigenvalue weighted by Gasteiger charge is -2.32. The Labute approximate surface area is 170 Å². The number of nitrogens with zero attached hydrogens (tertiary/aromatic N) is 5. The first-order valence-electron chi connectivity index (χ1n) is 9.65. The lowest BCUT2D eigenvalue weighted by atomic mass is 9.95. The van der Waals surface area contributed by atoms with Gasteiger partial charge in [0.1, 0.15) is 5.82 Å². The molecule has 4 rings (SSSR count). The van der Waals surface area contributed by atoms with Gasteiger partial charge in [0.2, 0.25) is 5.91 Å². The summed E-state index contributed by atoms with van der Waals surface area (Å²) in [5.41, 5.74) is 2.97. The van der Waals surface area contributed by atoms with Crippen LogP contribution in [0.25, 0.3) is 5.65 Å². The molecule has 1 amide bonds. The highest BCUT2D eigenvalue weighted by Gasteiger charge is 2.38.